The van der Waals surface area contributed by atoms with E-state index >= 15 is 0 Å². The van der Waals surface area contributed by atoms with Crippen LogP contribution in [0, 0.1) is 0 Å². The van der Waals surface area contributed by atoms with Gasteiger partial charge in [-0.2, -0.15) is 0 Å². The fraction of sp³-hybridized carbons (Fsp3) is 0.750. The van der Waals surface area contributed by atoms with Crippen LogP contribution in [-0.2, 0) is 0 Å². The third-order valence-corrected chi connectivity index (χ3v) is 3.22. The Morgan fingerprint density at radius 2 is 2.50 bits per heavy atom. The van der Waals surface area contributed by atoms with Gasteiger partial charge in [-0.25, -0.2) is 0 Å². The predicted molar refractivity (Wildman–Crippen MR) is 32.9 cm³/mol. The van der Waals surface area contributed by atoms with Gasteiger partial charge in [0.1, 0.15) is 12.0 Å². The summed E-state index contributed by atoms with van der Waals surface area (Å²) in [6.07, 6.45) is 3.85. The van der Waals surface area contributed by atoms with Gasteiger partial charge in [0.2, 0.25) is 6.90 Å². The highest BCUT2D eigenvalue weighted by Gasteiger charge is 2.10. The molecule has 2 heteroatoms. The minimum absolute atomic E-state index is 0.118. The predicted octanol–water partition coefficient (Wildman–Crippen LogP) is 2.22. The summed E-state index contributed by atoms with van der Waals surface area (Å²) in [4.78, 5) is 0. The van der Waals surface area contributed by atoms with Crippen LogP contribution in [0.15, 0.2) is 0 Å². The quantitative estimate of drug-likeness (QED) is 0.431. The van der Waals surface area contributed by atoms with Crippen molar-refractivity contribution in [2.75, 3.05) is 6.16 Å². The Morgan fingerprint density at radius 3 is 2.67 bits per heavy atom. The van der Waals surface area contributed by atoms with E-state index in [1.807, 2.05) is 0 Å². The topological polar surface area (TPSA) is 0 Å². The van der Waals surface area contributed by atoms with Gasteiger partial charge in [-0.05, 0) is 6.42 Å². The molecular formula is C4H7ClP+. The Balaban J connectivity index is 2.45. The molecule has 0 aliphatic carbocycles. The third-order valence-electron chi connectivity index (χ3n) is 0.903. The zero-order chi connectivity index (χ0) is 4.41. The molecule has 1 unspecified atom stereocenters. The normalized spacial score (nSPS) is 27.2. The molecule has 1 aliphatic heterocycles. The highest BCUT2D eigenvalue weighted by Crippen LogP contribution is 2.34. The molecule has 1 rings (SSSR count). The molecular weight excluding hydrogens is 114 g/mol. The van der Waals surface area contributed by atoms with Gasteiger partial charge in [0.05, 0.1) is 0 Å². The minimum Gasteiger partial charge on any atom is -0.00366 e. The molecule has 1 heterocycles. The Hall–Kier alpha value is 0.460. The number of hydrogen-bond acceptors (Lipinski definition) is 0. The molecule has 1 aliphatic rings. The molecule has 0 radical (unpaired) electrons. The lowest BCUT2D eigenvalue weighted by Gasteiger charge is -1.64. The van der Waals surface area contributed by atoms with Crippen molar-refractivity contribution in [2.24, 2.45) is 0 Å². The molecule has 0 saturated heterocycles. The van der Waals surface area contributed by atoms with Crippen LogP contribution >= 0.6 is 18.1 Å². The molecule has 0 bridgehead atoms. The first-order valence-corrected chi connectivity index (χ1v) is 4.65. The molecule has 34 valence electrons. The lowest BCUT2D eigenvalue weighted by molar-refractivity contribution is 1.05. The van der Waals surface area contributed by atoms with Gasteiger partial charge in [0.25, 0.3) is 0 Å². The second kappa shape index (κ2) is 1.95. The van der Waals surface area contributed by atoms with Crippen molar-refractivity contribution >= 4 is 23.9 Å². The van der Waals surface area contributed by atoms with Gasteiger partial charge in [0.15, 0.2) is 11.2 Å². The van der Waals surface area contributed by atoms with E-state index in [0.29, 0.717) is 0 Å². The summed E-state index contributed by atoms with van der Waals surface area (Å²) in [6.45, 7) is -0.118. The van der Waals surface area contributed by atoms with Crippen molar-refractivity contribution in [3.8, 4) is 0 Å². The number of halogens is 1. The molecule has 6 heavy (non-hydrogen) atoms. The fourth-order valence-corrected chi connectivity index (χ4v) is 2.35. The summed E-state index contributed by atoms with van der Waals surface area (Å²) in [5.41, 5.74) is 0. The second-order valence-corrected chi connectivity index (χ2v) is 4.36. The minimum atomic E-state index is -0.118. The molecule has 0 N–H and O–H groups in total. The first kappa shape index (κ1) is 4.61. The average Bonchev–Trinajstić information content (AvgIpc) is 1.86. The van der Waals surface area contributed by atoms with Crippen molar-refractivity contribution in [3.05, 3.63) is 0 Å². The van der Waals surface area contributed by atoms with Crippen LogP contribution in [0.5, 0.6) is 0 Å². The summed E-state index contributed by atoms with van der Waals surface area (Å²) < 4.78 is 0. The van der Waals surface area contributed by atoms with Crippen molar-refractivity contribution in [2.45, 2.75) is 12.8 Å². The monoisotopic (exact) mass is 121 g/mol. The van der Waals surface area contributed by atoms with Crippen molar-refractivity contribution in [1.82, 2.24) is 0 Å². The Labute approximate surface area is 43.7 Å². The van der Waals surface area contributed by atoms with Gasteiger partial charge in [-0.15, -0.1) is 0 Å². The first-order chi connectivity index (χ1) is 2.89. The zero-order valence-corrected chi connectivity index (χ0v) is 5.17. The lowest BCUT2D eigenvalue weighted by Crippen LogP contribution is -1.61. The maximum atomic E-state index is 5.72. The molecule has 0 spiro atoms. The molecule has 0 amide bonds. The van der Waals surface area contributed by atoms with Crippen molar-refractivity contribution in [3.63, 3.8) is 0 Å². The highest BCUT2D eigenvalue weighted by atomic mass is 35.7. The third kappa shape index (κ3) is 0.959. The van der Waals surface area contributed by atoms with Crippen molar-refractivity contribution in [1.29, 1.82) is 0 Å². The van der Waals surface area contributed by atoms with E-state index in [2.05, 4.69) is 5.80 Å². The summed E-state index contributed by atoms with van der Waals surface area (Å²) in [5, 5.41) is 0. The largest absolute Gasteiger partial charge is 0.205 e. The SMILES string of the molecule is Cl[P+]1=CCCC1. The molecule has 0 fully saturated rings. The van der Waals surface area contributed by atoms with Crippen LogP contribution in [0.2, 0.25) is 0 Å². The van der Waals surface area contributed by atoms with Crippen LogP contribution in [-0.4, -0.2) is 12.0 Å². The maximum Gasteiger partial charge on any atom is 0.205 e. The van der Waals surface area contributed by atoms with E-state index < -0.39 is 0 Å². The van der Waals surface area contributed by atoms with Crippen LogP contribution in [0.3, 0.4) is 0 Å². The van der Waals surface area contributed by atoms with Crippen LogP contribution in [0.1, 0.15) is 12.8 Å². The summed E-state index contributed by atoms with van der Waals surface area (Å²) in [5.74, 6) is 2.23. The summed E-state index contributed by atoms with van der Waals surface area (Å²) in [7, 11) is 0. The van der Waals surface area contributed by atoms with E-state index in [9.17, 15) is 0 Å². The Kier molecular flexibility index (Phi) is 1.50. The lowest BCUT2D eigenvalue weighted by atomic mass is 10.4. The molecule has 0 saturated carbocycles. The van der Waals surface area contributed by atoms with Gasteiger partial charge in [-0.3, -0.25) is 0 Å². The maximum absolute atomic E-state index is 5.72. The zero-order valence-electron chi connectivity index (χ0n) is 3.52. The second-order valence-electron chi connectivity index (χ2n) is 1.45. The molecule has 0 aromatic heterocycles. The van der Waals surface area contributed by atoms with Gasteiger partial charge < -0.3 is 0 Å². The van der Waals surface area contributed by atoms with E-state index in [1.165, 1.54) is 19.0 Å². The van der Waals surface area contributed by atoms with E-state index in [1.54, 1.807) is 0 Å². The molecule has 0 nitrogen and oxygen atoms in total. The Morgan fingerprint density at radius 1 is 1.67 bits per heavy atom. The average molecular weight is 122 g/mol. The molecule has 0 aromatic carbocycles. The number of hydrogen-bond donors (Lipinski definition) is 0. The summed E-state index contributed by atoms with van der Waals surface area (Å²) in [6, 6.07) is 0. The standard InChI is InChI=1S/C4H7ClP/c5-6-3-1-2-4-6/h3H,1-2,4H2/q+1. The van der Waals surface area contributed by atoms with Gasteiger partial charge >= 0.3 is 0 Å². The first-order valence-electron chi connectivity index (χ1n) is 2.15. The van der Waals surface area contributed by atoms with Gasteiger partial charge in [0, 0.05) is 6.42 Å². The highest BCUT2D eigenvalue weighted by molar-refractivity contribution is 7.83. The van der Waals surface area contributed by atoms with Crippen LogP contribution < -0.4 is 0 Å². The Bertz CT molecular complexity index is 77.6. The van der Waals surface area contributed by atoms with Gasteiger partial charge in [-0.1, -0.05) is 0 Å². The van der Waals surface area contributed by atoms with Crippen LogP contribution in [0.25, 0.3) is 0 Å². The fourth-order valence-electron chi connectivity index (χ4n) is 0.565. The smallest absolute Gasteiger partial charge is 0.00366 e. The molecule has 0 aromatic rings. The van der Waals surface area contributed by atoms with Crippen molar-refractivity contribution < 1.29 is 0 Å². The van der Waals surface area contributed by atoms with Crippen LogP contribution in [0.4, 0.5) is 0 Å². The van der Waals surface area contributed by atoms with E-state index in [-0.39, 0.29) is 6.90 Å². The van der Waals surface area contributed by atoms with E-state index in [0.717, 1.165) is 0 Å². The number of rotatable bonds is 0. The summed E-state index contributed by atoms with van der Waals surface area (Å²) >= 11 is 5.72. The molecule has 1 atom stereocenters. The van der Waals surface area contributed by atoms with E-state index in [4.69, 9.17) is 11.2 Å².